The van der Waals surface area contributed by atoms with E-state index in [9.17, 15) is 0 Å². The second-order valence-electron chi connectivity index (χ2n) is 0.705. The lowest BCUT2D eigenvalue weighted by molar-refractivity contribution is 0.337. The van der Waals surface area contributed by atoms with Gasteiger partial charge in [-0.2, -0.15) is 0 Å². The van der Waals surface area contributed by atoms with Crippen LogP contribution in [0.3, 0.4) is 0 Å². The van der Waals surface area contributed by atoms with Crippen molar-refractivity contribution >= 4 is 0 Å². The molecule has 1 heteroatoms. The Morgan fingerprint density at radius 1 is 1.50 bits per heavy atom. The van der Waals surface area contributed by atoms with Crippen LogP contribution >= 0.6 is 0 Å². The molecule has 0 saturated carbocycles. The first-order chi connectivity index (χ1) is 2.41. The number of allylic oxidation sites excluding steroid dienone is 1. The van der Waals surface area contributed by atoms with Gasteiger partial charge in [-0.05, 0) is 6.92 Å². The molecule has 0 aliphatic carbocycles. The van der Waals surface area contributed by atoms with Crippen LogP contribution in [0.2, 0.25) is 0 Å². The zero-order valence-corrected chi connectivity index (χ0v) is 3.56. The summed E-state index contributed by atoms with van der Waals surface area (Å²) < 4.78 is 4.51. The fourth-order valence-corrected chi connectivity index (χ4v) is 0.136. The molecule has 0 radical (unpaired) electrons. The molecule has 0 aliphatic heterocycles. The van der Waals surface area contributed by atoms with E-state index in [0.717, 1.165) is 0 Å². The van der Waals surface area contributed by atoms with E-state index in [1.165, 1.54) is 0 Å². The van der Waals surface area contributed by atoms with E-state index < -0.39 is 0 Å². The highest BCUT2D eigenvalue weighted by Crippen LogP contribution is 1.64. The van der Waals surface area contributed by atoms with Crippen LogP contribution in [-0.2, 0) is 4.74 Å². The van der Waals surface area contributed by atoms with Crippen LogP contribution in [0.5, 0.6) is 0 Å². The molecule has 0 unspecified atom stereocenters. The molecular formula is C5H12O. The second-order valence-corrected chi connectivity index (χ2v) is 0.705. The van der Waals surface area contributed by atoms with E-state index in [1.54, 1.807) is 13.4 Å². The van der Waals surface area contributed by atoms with E-state index in [4.69, 9.17) is 0 Å². The molecular weight excluding hydrogens is 76.1 g/mol. The predicted molar refractivity (Wildman–Crippen MR) is 28.6 cm³/mol. The van der Waals surface area contributed by atoms with Crippen LogP contribution in [0.1, 0.15) is 14.4 Å². The highest BCUT2D eigenvalue weighted by Gasteiger charge is 1.47. The summed E-state index contributed by atoms with van der Waals surface area (Å²) in [5.41, 5.74) is 0. The Balaban J connectivity index is 0. The average Bonchev–Trinajstić information content (AvgIpc) is 1.41. The van der Waals surface area contributed by atoms with Gasteiger partial charge in [-0.3, -0.25) is 0 Å². The Morgan fingerprint density at radius 2 is 2.00 bits per heavy atom. The molecule has 0 amide bonds. The van der Waals surface area contributed by atoms with Crippen molar-refractivity contribution in [1.82, 2.24) is 0 Å². The third-order valence-electron chi connectivity index (χ3n) is 0.272. The van der Waals surface area contributed by atoms with E-state index >= 15 is 0 Å². The summed E-state index contributed by atoms with van der Waals surface area (Å²) >= 11 is 0. The molecule has 0 aromatic heterocycles. The molecule has 0 N–H and O–H groups in total. The van der Waals surface area contributed by atoms with Crippen LogP contribution in [-0.4, -0.2) is 7.11 Å². The zero-order valence-electron chi connectivity index (χ0n) is 3.56. The first-order valence-electron chi connectivity index (χ1n) is 1.55. The smallest absolute Gasteiger partial charge is 0.0781 e. The molecule has 38 valence electrons. The van der Waals surface area contributed by atoms with Gasteiger partial charge in [-0.25, -0.2) is 0 Å². The first kappa shape index (κ1) is 9.11. The van der Waals surface area contributed by atoms with Crippen molar-refractivity contribution < 1.29 is 4.74 Å². The number of hydrogen-bond acceptors (Lipinski definition) is 1. The first-order valence-corrected chi connectivity index (χ1v) is 1.55. The fourth-order valence-electron chi connectivity index (χ4n) is 0.136. The molecule has 0 aliphatic rings. The molecule has 6 heavy (non-hydrogen) atoms. The highest BCUT2D eigenvalue weighted by molar-refractivity contribution is 4.63. The van der Waals surface area contributed by atoms with Gasteiger partial charge in [0.05, 0.1) is 13.4 Å². The van der Waals surface area contributed by atoms with Crippen molar-refractivity contribution in [1.29, 1.82) is 0 Å². The monoisotopic (exact) mass is 88.1 g/mol. The Bertz CT molecular complexity index is 30.9. The van der Waals surface area contributed by atoms with E-state index in [-0.39, 0.29) is 7.43 Å². The van der Waals surface area contributed by atoms with Gasteiger partial charge in [0.15, 0.2) is 0 Å². The number of methoxy groups -OCH3 is 1. The van der Waals surface area contributed by atoms with Crippen molar-refractivity contribution in [3.8, 4) is 0 Å². The van der Waals surface area contributed by atoms with E-state index in [2.05, 4.69) is 4.74 Å². The minimum Gasteiger partial charge on any atom is -0.505 e. The fraction of sp³-hybridized carbons (Fsp3) is 0.600. The standard InChI is InChI=1S/C4H8O.CH4/c1-3-4-5-2;/h3-4H,1-2H3;1H4/b4-3-;. The molecule has 0 bridgehead atoms. The molecule has 0 saturated heterocycles. The van der Waals surface area contributed by atoms with Gasteiger partial charge >= 0.3 is 0 Å². The normalized spacial score (nSPS) is 7.67. The summed E-state index contributed by atoms with van der Waals surface area (Å²) in [6.45, 7) is 1.91. The maximum Gasteiger partial charge on any atom is 0.0781 e. The van der Waals surface area contributed by atoms with Gasteiger partial charge < -0.3 is 4.74 Å². The van der Waals surface area contributed by atoms with Gasteiger partial charge in [0.2, 0.25) is 0 Å². The van der Waals surface area contributed by atoms with Gasteiger partial charge in [0.1, 0.15) is 0 Å². The maximum absolute atomic E-state index is 4.51. The van der Waals surface area contributed by atoms with Gasteiger partial charge in [0.25, 0.3) is 0 Å². The Kier molecular flexibility index (Phi) is 13.4. The van der Waals surface area contributed by atoms with Crippen molar-refractivity contribution in [2.75, 3.05) is 7.11 Å². The summed E-state index contributed by atoms with van der Waals surface area (Å²) in [5, 5.41) is 0. The molecule has 0 spiro atoms. The SMILES string of the molecule is C.C/C=C\OC. The Morgan fingerprint density at radius 3 is 2.00 bits per heavy atom. The average molecular weight is 88.2 g/mol. The quantitative estimate of drug-likeness (QED) is 0.444. The van der Waals surface area contributed by atoms with Crippen LogP contribution in [0.25, 0.3) is 0 Å². The van der Waals surface area contributed by atoms with Crippen molar-refractivity contribution in [2.45, 2.75) is 14.4 Å². The molecule has 0 fully saturated rings. The number of ether oxygens (including phenoxy) is 1. The van der Waals surface area contributed by atoms with Crippen LogP contribution in [0.4, 0.5) is 0 Å². The second kappa shape index (κ2) is 8.82. The van der Waals surface area contributed by atoms with E-state index in [0.29, 0.717) is 0 Å². The van der Waals surface area contributed by atoms with Crippen molar-refractivity contribution in [2.24, 2.45) is 0 Å². The van der Waals surface area contributed by atoms with Crippen molar-refractivity contribution in [3.63, 3.8) is 0 Å². The third-order valence-corrected chi connectivity index (χ3v) is 0.272. The molecule has 0 atom stereocenters. The van der Waals surface area contributed by atoms with Gasteiger partial charge in [-0.15, -0.1) is 0 Å². The van der Waals surface area contributed by atoms with E-state index in [1.807, 2.05) is 13.0 Å². The molecule has 0 heterocycles. The summed E-state index contributed by atoms with van der Waals surface area (Å²) in [6.07, 6.45) is 3.46. The zero-order chi connectivity index (χ0) is 4.12. The van der Waals surface area contributed by atoms with Gasteiger partial charge in [-0.1, -0.05) is 13.5 Å². The largest absolute Gasteiger partial charge is 0.505 e. The lowest BCUT2D eigenvalue weighted by atomic mass is 10.7. The summed E-state index contributed by atoms with van der Waals surface area (Å²) in [4.78, 5) is 0. The molecule has 1 nitrogen and oxygen atoms in total. The highest BCUT2D eigenvalue weighted by atomic mass is 16.5. The molecule has 0 aromatic rings. The topological polar surface area (TPSA) is 9.23 Å². The Hall–Kier alpha value is -0.460. The van der Waals surface area contributed by atoms with Crippen LogP contribution < -0.4 is 0 Å². The molecule has 0 aromatic carbocycles. The van der Waals surface area contributed by atoms with Gasteiger partial charge in [0, 0.05) is 0 Å². The lowest BCUT2D eigenvalue weighted by Gasteiger charge is -1.76. The number of hydrogen-bond donors (Lipinski definition) is 0. The Labute approximate surface area is 39.6 Å². The summed E-state index contributed by atoms with van der Waals surface area (Å²) in [5.74, 6) is 0. The van der Waals surface area contributed by atoms with Crippen LogP contribution in [0, 0.1) is 0 Å². The summed E-state index contributed by atoms with van der Waals surface area (Å²) in [6, 6.07) is 0. The molecule has 0 rings (SSSR count). The minimum absolute atomic E-state index is 0. The van der Waals surface area contributed by atoms with Crippen molar-refractivity contribution in [3.05, 3.63) is 12.3 Å². The van der Waals surface area contributed by atoms with Crippen LogP contribution in [0.15, 0.2) is 12.3 Å². The predicted octanol–water partition coefficient (Wildman–Crippen LogP) is 1.80. The third kappa shape index (κ3) is 9.63. The maximum atomic E-state index is 4.51. The number of rotatable bonds is 1. The summed E-state index contributed by atoms with van der Waals surface area (Å²) in [7, 11) is 1.62. The minimum atomic E-state index is 0. The lowest BCUT2D eigenvalue weighted by Crippen LogP contribution is -1.57.